The largest absolute Gasteiger partial charge is 0.354 e. The van der Waals surface area contributed by atoms with Crippen LogP contribution in [0.5, 0.6) is 0 Å². The molecule has 0 spiro atoms. The first-order valence-electron chi connectivity index (χ1n) is 9.14. The van der Waals surface area contributed by atoms with Gasteiger partial charge in [0.1, 0.15) is 0 Å². The molecule has 1 aromatic heterocycles. The molecule has 0 amide bonds. The molecule has 27 heavy (non-hydrogen) atoms. The molecule has 1 saturated heterocycles. The highest BCUT2D eigenvalue weighted by Gasteiger charge is 2.23. The van der Waals surface area contributed by atoms with E-state index < -0.39 is 10.0 Å². The molecule has 0 aliphatic carbocycles. The molecule has 0 radical (unpaired) electrons. The lowest BCUT2D eigenvalue weighted by atomic mass is 10.1. The molecule has 0 atom stereocenters. The standard InChI is InChI=1S/C20H22N4O2S/c1-15-9-11-16(12-10-15)27(25,26)23-19-20(24-13-5-2-6-14-24)22-18-8-4-3-7-17(18)21-19/h3-4,7-12H,2,5-6,13-14H2,1H3,(H,21,23). The maximum Gasteiger partial charge on any atom is 0.263 e. The zero-order valence-corrected chi connectivity index (χ0v) is 16.0. The highest BCUT2D eigenvalue weighted by molar-refractivity contribution is 7.92. The van der Waals surface area contributed by atoms with E-state index in [4.69, 9.17) is 4.98 Å². The van der Waals surface area contributed by atoms with Gasteiger partial charge in [-0.3, -0.25) is 4.72 Å². The molecule has 7 heteroatoms. The number of hydrogen-bond donors (Lipinski definition) is 1. The number of anilines is 2. The minimum atomic E-state index is -3.74. The van der Waals surface area contributed by atoms with Crippen LogP contribution in [-0.2, 0) is 10.0 Å². The molecule has 1 N–H and O–H groups in total. The van der Waals surface area contributed by atoms with Gasteiger partial charge in [0, 0.05) is 13.1 Å². The lowest BCUT2D eigenvalue weighted by Crippen LogP contribution is -2.31. The number of aromatic nitrogens is 2. The topological polar surface area (TPSA) is 75.2 Å². The summed E-state index contributed by atoms with van der Waals surface area (Å²) in [6, 6.07) is 14.3. The van der Waals surface area contributed by atoms with Crippen molar-refractivity contribution >= 4 is 32.7 Å². The Morgan fingerprint density at radius 3 is 2.19 bits per heavy atom. The summed E-state index contributed by atoms with van der Waals surface area (Å²) in [5.74, 6) is 0.889. The van der Waals surface area contributed by atoms with Crippen molar-refractivity contribution in [2.24, 2.45) is 0 Å². The van der Waals surface area contributed by atoms with Gasteiger partial charge in [-0.25, -0.2) is 18.4 Å². The van der Waals surface area contributed by atoms with Crippen molar-refractivity contribution in [3.05, 3.63) is 54.1 Å². The molecule has 140 valence electrons. The van der Waals surface area contributed by atoms with E-state index >= 15 is 0 Å². The fourth-order valence-corrected chi connectivity index (χ4v) is 4.29. The fraction of sp³-hybridized carbons (Fsp3) is 0.300. The number of aryl methyl sites for hydroxylation is 1. The van der Waals surface area contributed by atoms with Crippen LogP contribution in [0.1, 0.15) is 24.8 Å². The maximum atomic E-state index is 12.9. The molecule has 2 aromatic carbocycles. The minimum Gasteiger partial charge on any atom is -0.354 e. The van der Waals surface area contributed by atoms with Gasteiger partial charge in [-0.05, 0) is 50.5 Å². The molecule has 4 rings (SSSR count). The van der Waals surface area contributed by atoms with E-state index in [0.717, 1.165) is 37.0 Å². The third-order valence-corrected chi connectivity index (χ3v) is 6.12. The van der Waals surface area contributed by atoms with Crippen molar-refractivity contribution in [3.63, 3.8) is 0 Å². The van der Waals surface area contributed by atoms with Crippen LogP contribution >= 0.6 is 0 Å². The number of hydrogen-bond acceptors (Lipinski definition) is 5. The SMILES string of the molecule is Cc1ccc(S(=O)(=O)Nc2nc3ccccc3nc2N2CCCCC2)cc1. The molecule has 0 saturated carbocycles. The van der Waals surface area contributed by atoms with Gasteiger partial charge in [0.2, 0.25) is 0 Å². The second-order valence-corrected chi connectivity index (χ2v) is 8.53. The molecule has 6 nitrogen and oxygen atoms in total. The summed E-state index contributed by atoms with van der Waals surface area (Å²) in [6.45, 7) is 3.63. The summed E-state index contributed by atoms with van der Waals surface area (Å²) < 4.78 is 28.4. The Bertz CT molecular complexity index is 1060. The lowest BCUT2D eigenvalue weighted by molar-refractivity contribution is 0.574. The van der Waals surface area contributed by atoms with Crippen molar-refractivity contribution in [2.75, 3.05) is 22.7 Å². The van der Waals surface area contributed by atoms with Crippen molar-refractivity contribution in [3.8, 4) is 0 Å². The Balaban J connectivity index is 1.77. The normalized spacial score (nSPS) is 15.1. The van der Waals surface area contributed by atoms with E-state index in [1.165, 1.54) is 6.42 Å². The third-order valence-electron chi connectivity index (χ3n) is 4.77. The van der Waals surface area contributed by atoms with E-state index in [9.17, 15) is 8.42 Å². The van der Waals surface area contributed by atoms with Crippen LogP contribution in [-0.4, -0.2) is 31.5 Å². The predicted octanol–water partition coefficient (Wildman–Crippen LogP) is 3.73. The van der Waals surface area contributed by atoms with Crippen molar-refractivity contribution in [2.45, 2.75) is 31.1 Å². The summed E-state index contributed by atoms with van der Waals surface area (Å²) in [6.07, 6.45) is 3.32. The summed E-state index contributed by atoms with van der Waals surface area (Å²) in [4.78, 5) is 11.6. The molecule has 0 unspecified atom stereocenters. The first-order chi connectivity index (χ1) is 13.0. The van der Waals surface area contributed by atoms with Gasteiger partial charge in [-0.1, -0.05) is 29.8 Å². The predicted molar refractivity (Wildman–Crippen MR) is 108 cm³/mol. The Hall–Kier alpha value is -2.67. The molecule has 0 bridgehead atoms. The van der Waals surface area contributed by atoms with Gasteiger partial charge < -0.3 is 4.90 Å². The van der Waals surface area contributed by atoms with Gasteiger partial charge in [0.25, 0.3) is 10.0 Å². The van der Waals surface area contributed by atoms with E-state index in [0.29, 0.717) is 11.3 Å². The Morgan fingerprint density at radius 2 is 1.52 bits per heavy atom. The first kappa shape index (κ1) is 17.7. The van der Waals surface area contributed by atoms with Gasteiger partial charge in [-0.2, -0.15) is 0 Å². The summed E-state index contributed by atoms with van der Waals surface area (Å²) in [5.41, 5.74) is 2.43. The van der Waals surface area contributed by atoms with E-state index in [-0.39, 0.29) is 10.7 Å². The van der Waals surface area contributed by atoms with E-state index in [1.54, 1.807) is 24.3 Å². The van der Waals surface area contributed by atoms with Gasteiger partial charge in [0.15, 0.2) is 11.6 Å². The van der Waals surface area contributed by atoms with Gasteiger partial charge >= 0.3 is 0 Å². The number of para-hydroxylation sites is 2. The molecule has 1 aliphatic rings. The number of sulfonamides is 1. The Labute approximate surface area is 159 Å². The Morgan fingerprint density at radius 1 is 0.889 bits per heavy atom. The van der Waals surface area contributed by atoms with Gasteiger partial charge in [0.05, 0.1) is 15.9 Å². The fourth-order valence-electron chi connectivity index (χ4n) is 3.29. The number of nitrogens with one attached hydrogen (secondary N) is 1. The van der Waals surface area contributed by atoms with Crippen LogP contribution in [0.2, 0.25) is 0 Å². The van der Waals surface area contributed by atoms with Crippen LogP contribution in [0.15, 0.2) is 53.4 Å². The summed E-state index contributed by atoms with van der Waals surface area (Å²) in [7, 11) is -3.74. The van der Waals surface area contributed by atoms with Crippen LogP contribution in [0.3, 0.4) is 0 Å². The van der Waals surface area contributed by atoms with Crippen LogP contribution < -0.4 is 9.62 Å². The molecular formula is C20H22N4O2S. The lowest BCUT2D eigenvalue weighted by Gasteiger charge is -2.29. The highest BCUT2D eigenvalue weighted by Crippen LogP contribution is 2.29. The van der Waals surface area contributed by atoms with Crippen LogP contribution in [0.25, 0.3) is 11.0 Å². The van der Waals surface area contributed by atoms with E-state index in [1.807, 2.05) is 31.2 Å². The number of rotatable bonds is 4. The third kappa shape index (κ3) is 3.73. The monoisotopic (exact) mass is 382 g/mol. The zero-order valence-electron chi connectivity index (χ0n) is 15.2. The van der Waals surface area contributed by atoms with Crippen LogP contribution in [0, 0.1) is 6.92 Å². The second-order valence-electron chi connectivity index (χ2n) is 6.85. The summed E-state index contributed by atoms with van der Waals surface area (Å²) in [5, 5.41) is 0. The zero-order chi connectivity index (χ0) is 18.9. The average molecular weight is 382 g/mol. The maximum absolute atomic E-state index is 12.9. The first-order valence-corrected chi connectivity index (χ1v) is 10.6. The molecule has 2 heterocycles. The van der Waals surface area contributed by atoms with E-state index in [2.05, 4.69) is 14.6 Å². The Kier molecular flexibility index (Phi) is 4.70. The average Bonchev–Trinajstić information content (AvgIpc) is 2.68. The molecule has 1 fully saturated rings. The second kappa shape index (κ2) is 7.15. The summed E-state index contributed by atoms with van der Waals surface area (Å²) >= 11 is 0. The molecule has 1 aliphatic heterocycles. The minimum absolute atomic E-state index is 0.215. The number of benzene rings is 2. The number of piperidine rings is 1. The van der Waals surface area contributed by atoms with Crippen molar-refractivity contribution in [1.82, 2.24) is 9.97 Å². The van der Waals surface area contributed by atoms with Crippen LogP contribution in [0.4, 0.5) is 11.6 Å². The number of fused-ring (bicyclic) bond motifs is 1. The highest BCUT2D eigenvalue weighted by atomic mass is 32.2. The molecular weight excluding hydrogens is 360 g/mol. The van der Waals surface area contributed by atoms with Crippen molar-refractivity contribution < 1.29 is 8.42 Å². The van der Waals surface area contributed by atoms with Gasteiger partial charge in [-0.15, -0.1) is 0 Å². The van der Waals surface area contributed by atoms with Crippen molar-refractivity contribution in [1.29, 1.82) is 0 Å². The quantitative estimate of drug-likeness (QED) is 0.744. The smallest absolute Gasteiger partial charge is 0.263 e. The molecule has 3 aromatic rings. The number of nitrogens with zero attached hydrogens (tertiary/aromatic N) is 3.